The fourth-order valence-electron chi connectivity index (χ4n) is 1.24. The highest BCUT2D eigenvalue weighted by Crippen LogP contribution is 2.15. The minimum atomic E-state index is -0.141. The number of likely N-dealkylation sites (tertiary alicyclic amines) is 1. The maximum Gasteiger partial charge on any atom is 0.225 e. The lowest BCUT2D eigenvalue weighted by Crippen LogP contribution is -2.29. The van der Waals surface area contributed by atoms with E-state index in [0.29, 0.717) is 13.0 Å². The molecule has 0 aromatic heterocycles. The summed E-state index contributed by atoms with van der Waals surface area (Å²) in [6, 6.07) is 0. The summed E-state index contributed by atoms with van der Waals surface area (Å²) < 4.78 is 0. The van der Waals surface area contributed by atoms with Gasteiger partial charge in [-0.3, -0.25) is 9.59 Å². The summed E-state index contributed by atoms with van der Waals surface area (Å²) in [4.78, 5) is 23.5. The zero-order chi connectivity index (χ0) is 8.43. The van der Waals surface area contributed by atoms with Crippen molar-refractivity contribution in [3.8, 4) is 0 Å². The van der Waals surface area contributed by atoms with Crippen molar-refractivity contribution in [2.45, 2.75) is 6.42 Å². The summed E-state index contributed by atoms with van der Waals surface area (Å²) in [6.07, 6.45) is 0.357. The second-order valence-electron chi connectivity index (χ2n) is 2.79. The second-order valence-corrected chi connectivity index (χ2v) is 2.79. The van der Waals surface area contributed by atoms with Gasteiger partial charge in [0.15, 0.2) is 0 Å². The van der Waals surface area contributed by atoms with E-state index in [9.17, 15) is 9.59 Å². The first-order chi connectivity index (χ1) is 5.15. The quantitative estimate of drug-likeness (QED) is 0.541. The summed E-state index contributed by atoms with van der Waals surface area (Å²) in [7, 11) is 3.30. The molecule has 1 fully saturated rings. The van der Waals surface area contributed by atoms with Gasteiger partial charge in [0.2, 0.25) is 11.8 Å². The van der Waals surface area contributed by atoms with Crippen LogP contribution < -0.4 is 5.32 Å². The van der Waals surface area contributed by atoms with Crippen molar-refractivity contribution in [3.05, 3.63) is 0 Å². The molecule has 4 nitrogen and oxygen atoms in total. The van der Waals surface area contributed by atoms with Gasteiger partial charge >= 0.3 is 0 Å². The molecule has 1 atom stereocenters. The predicted octanol–water partition coefficient (Wildman–Crippen LogP) is -0.789. The van der Waals surface area contributed by atoms with Gasteiger partial charge in [-0.2, -0.15) is 0 Å². The van der Waals surface area contributed by atoms with E-state index in [-0.39, 0.29) is 17.7 Å². The third-order valence-electron chi connectivity index (χ3n) is 1.96. The van der Waals surface area contributed by atoms with E-state index in [0.717, 1.165) is 0 Å². The van der Waals surface area contributed by atoms with Crippen LogP contribution in [-0.2, 0) is 9.59 Å². The van der Waals surface area contributed by atoms with Crippen LogP contribution in [0.2, 0.25) is 0 Å². The zero-order valence-electron chi connectivity index (χ0n) is 6.76. The van der Waals surface area contributed by atoms with Crippen LogP contribution >= 0.6 is 0 Å². The lowest BCUT2D eigenvalue weighted by atomic mass is 10.1. The molecule has 0 spiro atoms. The Morgan fingerprint density at radius 1 is 1.73 bits per heavy atom. The van der Waals surface area contributed by atoms with Crippen molar-refractivity contribution >= 4 is 11.8 Å². The molecule has 0 aromatic carbocycles. The summed E-state index contributed by atoms with van der Waals surface area (Å²) in [5.74, 6) is -0.126. The summed E-state index contributed by atoms with van der Waals surface area (Å²) in [5.41, 5.74) is 0. The Bertz CT molecular complexity index is 191. The Kier molecular flexibility index (Phi) is 2.12. The van der Waals surface area contributed by atoms with Gasteiger partial charge < -0.3 is 10.2 Å². The average molecular weight is 156 g/mol. The Balaban J connectivity index is 2.53. The van der Waals surface area contributed by atoms with Crippen molar-refractivity contribution < 1.29 is 9.59 Å². The number of carbonyl (C=O) groups is 2. The highest BCUT2D eigenvalue weighted by Gasteiger charge is 2.31. The summed E-state index contributed by atoms with van der Waals surface area (Å²) in [5, 5.41) is 2.53. The van der Waals surface area contributed by atoms with E-state index in [4.69, 9.17) is 0 Å². The Morgan fingerprint density at radius 2 is 2.36 bits per heavy atom. The molecule has 1 saturated heterocycles. The Morgan fingerprint density at radius 3 is 2.73 bits per heavy atom. The predicted molar refractivity (Wildman–Crippen MR) is 39.8 cm³/mol. The molecule has 0 saturated carbocycles. The molecule has 62 valence electrons. The Labute approximate surface area is 65.6 Å². The van der Waals surface area contributed by atoms with Crippen molar-refractivity contribution in [2.24, 2.45) is 5.92 Å². The van der Waals surface area contributed by atoms with Crippen LogP contribution in [0.4, 0.5) is 0 Å². The first-order valence-electron chi connectivity index (χ1n) is 3.60. The number of hydrogen-bond acceptors (Lipinski definition) is 2. The molecule has 0 aromatic rings. The van der Waals surface area contributed by atoms with Gasteiger partial charge in [-0.15, -0.1) is 0 Å². The van der Waals surface area contributed by atoms with E-state index in [1.807, 2.05) is 0 Å². The fraction of sp³-hybridized carbons (Fsp3) is 0.714. The van der Waals surface area contributed by atoms with Gasteiger partial charge in [-0.05, 0) is 0 Å². The fourth-order valence-corrected chi connectivity index (χ4v) is 1.24. The number of hydrogen-bond donors (Lipinski definition) is 1. The number of amides is 2. The Hall–Kier alpha value is -1.06. The molecule has 0 bridgehead atoms. The molecule has 0 unspecified atom stereocenters. The third-order valence-corrected chi connectivity index (χ3v) is 1.96. The van der Waals surface area contributed by atoms with Crippen molar-refractivity contribution in [2.75, 3.05) is 20.6 Å². The maximum atomic E-state index is 11.0. The number of carbonyl (C=O) groups excluding carboxylic acids is 2. The molecule has 1 N–H and O–H groups in total. The van der Waals surface area contributed by atoms with Crippen molar-refractivity contribution in [3.63, 3.8) is 0 Å². The van der Waals surface area contributed by atoms with Gasteiger partial charge in [0.05, 0.1) is 5.92 Å². The minimum absolute atomic E-state index is 0.0392. The van der Waals surface area contributed by atoms with E-state index in [2.05, 4.69) is 5.32 Å². The topological polar surface area (TPSA) is 49.4 Å². The van der Waals surface area contributed by atoms with Gasteiger partial charge in [0.1, 0.15) is 0 Å². The first-order valence-corrected chi connectivity index (χ1v) is 3.60. The van der Waals surface area contributed by atoms with Crippen LogP contribution in [0.3, 0.4) is 0 Å². The molecule has 1 rings (SSSR count). The maximum absolute atomic E-state index is 11.0. The van der Waals surface area contributed by atoms with Gasteiger partial charge in [-0.1, -0.05) is 0 Å². The van der Waals surface area contributed by atoms with E-state index >= 15 is 0 Å². The minimum Gasteiger partial charge on any atom is -0.359 e. The highest BCUT2D eigenvalue weighted by atomic mass is 16.2. The summed E-state index contributed by atoms with van der Waals surface area (Å²) in [6.45, 7) is 0.554. The van der Waals surface area contributed by atoms with E-state index in [1.54, 1.807) is 19.0 Å². The molecule has 1 aliphatic heterocycles. The van der Waals surface area contributed by atoms with Gasteiger partial charge in [0.25, 0.3) is 0 Å². The van der Waals surface area contributed by atoms with E-state index < -0.39 is 0 Å². The third kappa shape index (κ3) is 1.50. The molecule has 2 amide bonds. The smallest absolute Gasteiger partial charge is 0.225 e. The van der Waals surface area contributed by atoms with Crippen LogP contribution in [0.15, 0.2) is 0 Å². The molecule has 0 aliphatic carbocycles. The van der Waals surface area contributed by atoms with Crippen molar-refractivity contribution in [1.29, 1.82) is 0 Å². The molecule has 11 heavy (non-hydrogen) atoms. The lowest BCUT2D eigenvalue weighted by molar-refractivity contribution is -0.128. The second kappa shape index (κ2) is 2.90. The van der Waals surface area contributed by atoms with Crippen molar-refractivity contribution in [1.82, 2.24) is 10.2 Å². The molecule has 0 radical (unpaired) electrons. The van der Waals surface area contributed by atoms with Gasteiger partial charge in [0, 0.05) is 27.1 Å². The number of nitrogens with one attached hydrogen (secondary N) is 1. The first kappa shape index (κ1) is 8.04. The largest absolute Gasteiger partial charge is 0.359 e. The van der Waals surface area contributed by atoms with Crippen LogP contribution in [0, 0.1) is 5.92 Å². The lowest BCUT2D eigenvalue weighted by Gasteiger charge is -2.07. The molecule has 1 heterocycles. The van der Waals surface area contributed by atoms with Gasteiger partial charge in [-0.25, -0.2) is 0 Å². The van der Waals surface area contributed by atoms with Crippen LogP contribution in [-0.4, -0.2) is 37.4 Å². The highest BCUT2D eigenvalue weighted by molar-refractivity contribution is 5.88. The van der Waals surface area contributed by atoms with Crippen LogP contribution in [0.25, 0.3) is 0 Å². The normalized spacial score (nSPS) is 24.0. The zero-order valence-corrected chi connectivity index (χ0v) is 6.76. The van der Waals surface area contributed by atoms with E-state index in [1.165, 1.54) is 0 Å². The SMILES string of the molecule is CNC(=O)[C@@H]1CC(=O)N(C)C1. The van der Waals surface area contributed by atoms with Crippen LogP contribution in [0.1, 0.15) is 6.42 Å². The molecule has 4 heteroatoms. The molecular weight excluding hydrogens is 144 g/mol. The average Bonchev–Trinajstić information content (AvgIpc) is 2.31. The molecular formula is C7H12N2O2. The molecule has 1 aliphatic rings. The monoisotopic (exact) mass is 156 g/mol. The number of nitrogens with zero attached hydrogens (tertiary/aromatic N) is 1. The standard InChI is InChI=1S/C7H12N2O2/c1-8-7(11)5-3-6(10)9(2)4-5/h5H,3-4H2,1-2H3,(H,8,11)/t5-/m1/s1. The summed E-state index contributed by atoms with van der Waals surface area (Å²) >= 11 is 0. The number of rotatable bonds is 1. The van der Waals surface area contributed by atoms with Crippen LogP contribution in [0.5, 0.6) is 0 Å².